The summed E-state index contributed by atoms with van der Waals surface area (Å²) in [5, 5.41) is 0. The molecule has 0 spiro atoms. The lowest BCUT2D eigenvalue weighted by Crippen LogP contribution is -2.43. The first-order valence-electron chi connectivity index (χ1n) is 9.14. The highest BCUT2D eigenvalue weighted by atomic mass is 16.5. The lowest BCUT2D eigenvalue weighted by atomic mass is 9.89. The Morgan fingerprint density at radius 1 is 1.13 bits per heavy atom. The molecule has 1 saturated heterocycles. The maximum absolute atomic E-state index is 13.1. The third-order valence-corrected chi connectivity index (χ3v) is 4.77. The van der Waals surface area contributed by atoms with Gasteiger partial charge in [-0.25, -0.2) is 0 Å². The van der Waals surface area contributed by atoms with E-state index in [0.717, 1.165) is 44.7 Å². The quantitative estimate of drug-likeness (QED) is 0.638. The summed E-state index contributed by atoms with van der Waals surface area (Å²) in [4.78, 5) is 15.4. The maximum Gasteiger partial charge on any atom is 0.157 e. The largest absolute Gasteiger partial charge is 0.379 e. The standard InChI is InChI=1S/C20H31NO2/c1-3-4-5-7-10-17(2)20(22)19(18-11-8-6-9-12-18)21-13-15-23-16-14-21/h6,8-9,11-12,17,19H,3-5,7,10,13-16H2,1-2H3/t17?,19-/m1/s1. The van der Waals surface area contributed by atoms with Crippen LogP contribution in [0.15, 0.2) is 30.3 Å². The van der Waals surface area contributed by atoms with E-state index in [1.54, 1.807) is 0 Å². The molecule has 3 nitrogen and oxygen atoms in total. The van der Waals surface area contributed by atoms with Gasteiger partial charge in [-0.1, -0.05) is 69.9 Å². The van der Waals surface area contributed by atoms with E-state index in [-0.39, 0.29) is 12.0 Å². The fourth-order valence-electron chi connectivity index (χ4n) is 3.32. The zero-order valence-corrected chi connectivity index (χ0v) is 14.7. The Hall–Kier alpha value is -1.19. The van der Waals surface area contributed by atoms with Crippen LogP contribution < -0.4 is 0 Å². The first kappa shape index (κ1) is 18.2. The predicted molar refractivity (Wildman–Crippen MR) is 94.5 cm³/mol. The molecule has 0 bridgehead atoms. The third-order valence-electron chi connectivity index (χ3n) is 4.77. The van der Waals surface area contributed by atoms with Crippen LogP contribution in [0.4, 0.5) is 0 Å². The van der Waals surface area contributed by atoms with Gasteiger partial charge in [-0.2, -0.15) is 0 Å². The zero-order valence-electron chi connectivity index (χ0n) is 14.7. The molecule has 1 unspecified atom stereocenters. The monoisotopic (exact) mass is 317 g/mol. The summed E-state index contributed by atoms with van der Waals surface area (Å²) in [5.74, 6) is 0.495. The first-order chi connectivity index (χ1) is 11.2. The molecule has 0 amide bonds. The molecule has 0 saturated carbocycles. The third kappa shape index (κ3) is 5.43. The Morgan fingerprint density at radius 2 is 1.83 bits per heavy atom. The molecule has 0 aliphatic carbocycles. The number of benzene rings is 1. The van der Waals surface area contributed by atoms with Gasteiger partial charge >= 0.3 is 0 Å². The Kier molecular flexibility index (Phi) is 7.77. The number of unbranched alkanes of at least 4 members (excludes halogenated alkanes) is 3. The van der Waals surface area contributed by atoms with Crippen LogP contribution in [-0.2, 0) is 9.53 Å². The molecule has 1 aliphatic heterocycles. The van der Waals surface area contributed by atoms with Crippen molar-refractivity contribution in [2.45, 2.75) is 52.0 Å². The molecule has 0 radical (unpaired) electrons. The molecule has 23 heavy (non-hydrogen) atoms. The van der Waals surface area contributed by atoms with E-state index in [1.165, 1.54) is 19.3 Å². The number of carbonyl (C=O) groups excluding carboxylic acids is 1. The lowest BCUT2D eigenvalue weighted by Gasteiger charge is -2.35. The lowest BCUT2D eigenvalue weighted by molar-refractivity contribution is -0.130. The van der Waals surface area contributed by atoms with Crippen molar-refractivity contribution in [1.82, 2.24) is 4.90 Å². The molecule has 1 fully saturated rings. The normalized spacial score (nSPS) is 18.5. The molecule has 2 atom stereocenters. The second-order valence-electron chi connectivity index (χ2n) is 6.61. The first-order valence-corrected chi connectivity index (χ1v) is 9.14. The van der Waals surface area contributed by atoms with Gasteiger partial charge < -0.3 is 4.74 Å². The number of carbonyl (C=O) groups is 1. The van der Waals surface area contributed by atoms with E-state index in [4.69, 9.17) is 4.74 Å². The minimum absolute atomic E-state index is 0.110. The number of nitrogens with zero attached hydrogens (tertiary/aromatic N) is 1. The smallest absolute Gasteiger partial charge is 0.157 e. The molecule has 0 aromatic heterocycles. The Balaban J connectivity index is 2.05. The van der Waals surface area contributed by atoms with Crippen molar-refractivity contribution in [1.29, 1.82) is 0 Å². The Morgan fingerprint density at radius 3 is 2.48 bits per heavy atom. The number of morpholine rings is 1. The summed E-state index contributed by atoms with van der Waals surface area (Å²) >= 11 is 0. The van der Waals surface area contributed by atoms with Crippen LogP contribution >= 0.6 is 0 Å². The van der Waals surface area contributed by atoms with Crippen molar-refractivity contribution >= 4 is 5.78 Å². The summed E-state index contributed by atoms with van der Waals surface area (Å²) in [6.07, 6.45) is 5.91. The number of rotatable bonds is 9. The van der Waals surface area contributed by atoms with E-state index in [1.807, 2.05) is 18.2 Å². The number of ketones is 1. The van der Waals surface area contributed by atoms with E-state index in [2.05, 4.69) is 30.9 Å². The number of hydrogen-bond donors (Lipinski definition) is 0. The molecular weight excluding hydrogens is 286 g/mol. The van der Waals surface area contributed by atoms with Crippen LogP contribution in [0.5, 0.6) is 0 Å². The molecule has 1 heterocycles. The van der Waals surface area contributed by atoms with Gasteiger partial charge in [-0.05, 0) is 12.0 Å². The van der Waals surface area contributed by atoms with E-state index >= 15 is 0 Å². The van der Waals surface area contributed by atoms with Crippen LogP contribution in [0, 0.1) is 5.92 Å². The minimum atomic E-state index is -0.110. The highest BCUT2D eigenvalue weighted by Crippen LogP contribution is 2.27. The molecule has 3 heteroatoms. The van der Waals surface area contributed by atoms with Crippen molar-refractivity contribution in [2.24, 2.45) is 5.92 Å². The minimum Gasteiger partial charge on any atom is -0.379 e. The van der Waals surface area contributed by atoms with Crippen molar-refractivity contribution in [2.75, 3.05) is 26.3 Å². The van der Waals surface area contributed by atoms with Gasteiger partial charge in [-0.15, -0.1) is 0 Å². The highest BCUT2D eigenvalue weighted by Gasteiger charge is 2.31. The molecule has 2 rings (SSSR count). The van der Waals surface area contributed by atoms with Crippen LogP contribution in [0.3, 0.4) is 0 Å². The fraction of sp³-hybridized carbons (Fsp3) is 0.650. The SMILES string of the molecule is CCCCCCC(C)C(=O)[C@@H](c1ccccc1)N1CCOCC1. The predicted octanol–water partition coefficient (Wildman–Crippen LogP) is 4.24. The summed E-state index contributed by atoms with van der Waals surface area (Å²) < 4.78 is 5.46. The summed E-state index contributed by atoms with van der Waals surface area (Å²) in [6.45, 7) is 7.45. The van der Waals surface area contributed by atoms with Gasteiger partial charge in [0.2, 0.25) is 0 Å². The van der Waals surface area contributed by atoms with Gasteiger partial charge in [0.15, 0.2) is 5.78 Å². The molecule has 128 valence electrons. The second-order valence-corrected chi connectivity index (χ2v) is 6.61. The van der Waals surface area contributed by atoms with E-state index < -0.39 is 0 Å². The van der Waals surface area contributed by atoms with E-state index in [0.29, 0.717) is 5.78 Å². The van der Waals surface area contributed by atoms with Crippen molar-refractivity contribution in [3.05, 3.63) is 35.9 Å². The van der Waals surface area contributed by atoms with Gasteiger partial charge in [0.25, 0.3) is 0 Å². The van der Waals surface area contributed by atoms with Crippen molar-refractivity contribution in [3.8, 4) is 0 Å². The molecule has 0 N–H and O–H groups in total. The Bertz CT molecular complexity index is 454. The molecule has 1 aliphatic rings. The number of Topliss-reactive ketones (excluding diaryl/α,β-unsaturated/α-hetero) is 1. The second kappa shape index (κ2) is 9.84. The highest BCUT2D eigenvalue weighted by molar-refractivity contribution is 5.87. The van der Waals surface area contributed by atoms with Crippen LogP contribution in [0.2, 0.25) is 0 Å². The van der Waals surface area contributed by atoms with Gasteiger partial charge in [0.1, 0.15) is 0 Å². The Labute approximate surface area is 141 Å². The molecule has 1 aromatic rings. The molecule has 1 aromatic carbocycles. The average Bonchev–Trinajstić information content (AvgIpc) is 2.60. The molecular formula is C20H31NO2. The fourth-order valence-corrected chi connectivity index (χ4v) is 3.32. The number of ether oxygens (including phenoxy) is 1. The zero-order chi connectivity index (χ0) is 16.5. The van der Waals surface area contributed by atoms with E-state index in [9.17, 15) is 4.79 Å². The van der Waals surface area contributed by atoms with Crippen LogP contribution in [0.25, 0.3) is 0 Å². The van der Waals surface area contributed by atoms with Crippen molar-refractivity contribution in [3.63, 3.8) is 0 Å². The summed E-state index contributed by atoms with van der Waals surface area (Å²) in [6, 6.07) is 10.1. The maximum atomic E-state index is 13.1. The van der Waals surface area contributed by atoms with Gasteiger partial charge in [-0.3, -0.25) is 9.69 Å². The summed E-state index contributed by atoms with van der Waals surface area (Å²) in [7, 11) is 0. The van der Waals surface area contributed by atoms with Gasteiger partial charge in [0, 0.05) is 19.0 Å². The van der Waals surface area contributed by atoms with Crippen molar-refractivity contribution < 1.29 is 9.53 Å². The number of hydrogen-bond acceptors (Lipinski definition) is 3. The topological polar surface area (TPSA) is 29.5 Å². The van der Waals surface area contributed by atoms with Gasteiger partial charge in [0.05, 0.1) is 19.3 Å². The van der Waals surface area contributed by atoms with Crippen LogP contribution in [0.1, 0.15) is 57.6 Å². The average molecular weight is 317 g/mol. The van der Waals surface area contributed by atoms with Crippen LogP contribution in [-0.4, -0.2) is 37.0 Å². The summed E-state index contributed by atoms with van der Waals surface area (Å²) in [5.41, 5.74) is 1.12.